The molecule has 1 atom stereocenters. The van der Waals surface area contributed by atoms with Crippen molar-refractivity contribution >= 4 is 15.8 Å². The zero-order chi connectivity index (χ0) is 15.6. The lowest BCUT2D eigenvalue weighted by Gasteiger charge is -2.34. The zero-order valence-corrected chi connectivity index (χ0v) is 13.4. The van der Waals surface area contributed by atoms with Crippen LogP contribution in [0.25, 0.3) is 0 Å². The van der Waals surface area contributed by atoms with E-state index in [1.807, 2.05) is 24.0 Å². The Morgan fingerprint density at radius 1 is 1.43 bits per heavy atom. The van der Waals surface area contributed by atoms with Gasteiger partial charge in [-0.05, 0) is 31.4 Å². The van der Waals surface area contributed by atoms with Gasteiger partial charge >= 0.3 is 0 Å². The van der Waals surface area contributed by atoms with E-state index in [1.165, 1.54) is 4.31 Å². The topological polar surface area (TPSA) is 77.3 Å². The monoisotopic (exact) mass is 308 g/mol. The highest BCUT2D eigenvalue weighted by atomic mass is 32.2. The second-order valence-electron chi connectivity index (χ2n) is 5.48. The van der Waals surface area contributed by atoms with Gasteiger partial charge in [-0.3, -0.25) is 0 Å². The van der Waals surface area contributed by atoms with Crippen molar-refractivity contribution in [2.75, 3.05) is 32.1 Å². The van der Waals surface area contributed by atoms with E-state index in [1.54, 1.807) is 14.1 Å². The van der Waals surface area contributed by atoms with E-state index in [4.69, 9.17) is 5.26 Å². The highest BCUT2D eigenvalue weighted by molar-refractivity contribution is 7.89. The predicted molar refractivity (Wildman–Crippen MR) is 81.5 cm³/mol. The molecule has 114 valence electrons. The molecule has 1 aliphatic rings. The lowest BCUT2D eigenvalue weighted by Crippen LogP contribution is -2.46. The number of anilines is 1. The summed E-state index contributed by atoms with van der Waals surface area (Å²) >= 11 is 0. The average Bonchev–Trinajstić information content (AvgIpc) is 2.47. The Kier molecular flexibility index (Phi) is 4.49. The van der Waals surface area contributed by atoms with Gasteiger partial charge in [-0.1, -0.05) is 6.07 Å². The van der Waals surface area contributed by atoms with Crippen molar-refractivity contribution in [1.82, 2.24) is 9.29 Å². The molecule has 0 N–H and O–H groups in total. The van der Waals surface area contributed by atoms with Gasteiger partial charge in [0.05, 0.1) is 5.25 Å². The molecule has 0 spiro atoms. The minimum Gasteiger partial charge on any atom is -0.355 e. The van der Waals surface area contributed by atoms with E-state index in [2.05, 4.69) is 11.1 Å². The third kappa shape index (κ3) is 3.17. The van der Waals surface area contributed by atoms with Crippen LogP contribution in [-0.2, 0) is 10.0 Å². The number of rotatable bonds is 3. The Balaban J connectivity index is 2.25. The van der Waals surface area contributed by atoms with Crippen molar-refractivity contribution in [3.05, 3.63) is 23.4 Å². The van der Waals surface area contributed by atoms with Crippen LogP contribution in [0.1, 0.15) is 24.1 Å². The Hall–Kier alpha value is -1.65. The highest BCUT2D eigenvalue weighted by Crippen LogP contribution is 2.23. The lowest BCUT2D eigenvalue weighted by atomic mass is 10.1. The summed E-state index contributed by atoms with van der Waals surface area (Å²) in [5.41, 5.74) is 1.22. The van der Waals surface area contributed by atoms with Gasteiger partial charge in [0.15, 0.2) is 0 Å². The van der Waals surface area contributed by atoms with Crippen LogP contribution in [-0.4, -0.2) is 50.1 Å². The van der Waals surface area contributed by atoms with Gasteiger partial charge in [0.25, 0.3) is 0 Å². The van der Waals surface area contributed by atoms with Crippen molar-refractivity contribution in [3.63, 3.8) is 0 Å². The van der Waals surface area contributed by atoms with Crippen molar-refractivity contribution in [1.29, 1.82) is 5.26 Å². The van der Waals surface area contributed by atoms with E-state index >= 15 is 0 Å². The van der Waals surface area contributed by atoms with Gasteiger partial charge in [-0.15, -0.1) is 0 Å². The number of pyridine rings is 1. The number of aromatic nitrogens is 1. The largest absolute Gasteiger partial charge is 0.355 e. The summed E-state index contributed by atoms with van der Waals surface area (Å²) in [7, 11) is -0.142. The molecule has 7 heteroatoms. The predicted octanol–water partition coefficient (Wildman–Crippen LogP) is 1.12. The first-order valence-corrected chi connectivity index (χ1v) is 8.40. The molecule has 0 radical (unpaired) electrons. The van der Waals surface area contributed by atoms with Crippen molar-refractivity contribution in [2.45, 2.75) is 25.0 Å². The summed E-state index contributed by atoms with van der Waals surface area (Å²) in [6.07, 6.45) is 1.46. The molecule has 0 amide bonds. The van der Waals surface area contributed by atoms with Crippen molar-refractivity contribution in [3.8, 4) is 6.07 Å². The minimum atomic E-state index is -3.27. The summed E-state index contributed by atoms with van der Waals surface area (Å²) in [6, 6.07) is 5.77. The number of nitrogens with zero attached hydrogens (tertiary/aromatic N) is 4. The molecule has 1 aliphatic heterocycles. The first kappa shape index (κ1) is 15.7. The maximum atomic E-state index is 12.3. The summed E-state index contributed by atoms with van der Waals surface area (Å²) in [4.78, 5) is 6.29. The van der Waals surface area contributed by atoms with Gasteiger partial charge in [0.1, 0.15) is 17.6 Å². The molecular weight excluding hydrogens is 288 g/mol. The van der Waals surface area contributed by atoms with Gasteiger partial charge in [0.2, 0.25) is 10.0 Å². The van der Waals surface area contributed by atoms with Crippen molar-refractivity contribution < 1.29 is 8.42 Å². The van der Waals surface area contributed by atoms with E-state index in [9.17, 15) is 8.42 Å². The molecule has 0 saturated carbocycles. The standard InChI is InChI=1S/C14H20N4O2S/c1-11-6-7-14(16-13(11)9-15)18-8-4-5-12(10-18)21(19,20)17(2)3/h6-7,12H,4-5,8,10H2,1-3H3. The van der Waals surface area contributed by atoms with Crippen LogP contribution in [0.15, 0.2) is 12.1 Å². The molecule has 1 fully saturated rings. The normalized spacial score (nSPS) is 19.6. The van der Waals surface area contributed by atoms with E-state index in [0.29, 0.717) is 24.5 Å². The molecular formula is C14H20N4O2S. The number of sulfonamides is 1. The molecule has 1 aromatic rings. The maximum absolute atomic E-state index is 12.3. The summed E-state index contributed by atoms with van der Waals surface area (Å²) < 4.78 is 25.8. The molecule has 1 unspecified atom stereocenters. The second kappa shape index (κ2) is 6.00. The van der Waals surface area contributed by atoms with Gasteiger partial charge < -0.3 is 4.90 Å². The van der Waals surface area contributed by atoms with Crippen molar-refractivity contribution in [2.24, 2.45) is 0 Å². The summed E-state index contributed by atoms with van der Waals surface area (Å²) in [5.74, 6) is 0.677. The Morgan fingerprint density at radius 3 is 2.76 bits per heavy atom. The van der Waals surface area contributed by atoms with Crippen LogP contribution in [0.2, 0.25) is 0 Å². The first-order valence-electron chi connectivity index (χ1n) is 6.90. The number of hydrogen-bond acceptors (Lipinski definition) is 5. The third-order valence-corrected chi connectivity index (χ3v) is 6.07. The average molecular weight is 308 g/mol. The fourth-order valence-electron chi connectivity index (χ4n) is 2.50. The highest BCUT2D eigenvalue weighted by Gasteiger charge is 2.32. The van der Waals surface area contributed by atoms with Gasteiger partial charge in [-0.2, -0.15) is 5.26 Å². The molecule has 21 heavy (non-hydrogen) atoms. The molecule has 0 aliphatic carbocycles. The number of piperidine rings is 1. The summed E-state index contributed by atoms with van der Waals surface area (Å²) in [5, 5.41) is 8.64. The van der Waals surface area contributed by atoms with E-state index in [-0.39, 0.29) is 0 Å². The van der Waals surface area contributed by atoms with E-state index in [0.717, 1.165) is 18.5 Å². The molecule has 6 nitrogen and oxygen atoms in total. The molecule has 0 bridgehead atoms. The van der Waals surface area contributed by atoms with Gasteiger partial charge in [0, 0.05) is 27.2 Å². The fourth-order valence-corrected chi connectivity index (χ4v) is 3.92. The van der Waals surface area contributed by atoms with Crippen LogP contribution in [0.3, 0.4) is 0 Å². The Morgan fingerprint density at radius 2 is 2.14 bits per heavy atom. The Labute approximate surface area is 126 Å². The molecule has 1 aromatic heterocycles. The smallest absolute Gasteiger partial charge is 0.218 e. The van der Waals surface area contributed by atoms with Crippen LogP contribution in [0, 0.1) is 18.3 Å². The molecule has 0 aromatic carbocycles. The lowest BCUT2D eigenvalue weighted by molar-refractivity contribution is 0.478. The van der Waals surface area contributed by atoms with Gasteiger partial charge in [-0.25, -0.2) is 17.7 Å². The fraction of sp³-hybridized carbons (Fsp3) is 0.571. The third-order valence-electron chi connectivity index (χ3n) is 3.82. The molecule has 2 heterocycles. The van der Waals surface area contributed by atoms with Crippen LogP contribution < -0.4 is 4.90 Å². The summed E-state index contributed by atoms with van der Waals surface area (Å²) in [6.45, 7) is 3.02. The zero-order valence-electron chi connectivity index (χ0n) is 12.6. The van der Waals surface area contributed by atoms with E-state index < -0.39 is 15.3 Å². The SMILES string of the molecule is Cc1ccc(N2CCCC(S(=O)(=O)N(C)C)C2)nc1C#N. The maximum Gasteiger partial charge on any atom is 0.218 e. The van der Waals surface area contributed by atoms with Crippen LogP contribution in [0.5, 0.6) is 0 Å². The quantitative estimate of drug-likeness (QED) is 0.836. The number of aryl methyl sites for hydroxylation is 1. The molecule has 1 saturated heterocycles. The number of nitriles is 1. The first-order chi connectivity index (χ1) is 9.86. The number of hydrogen-bond donors (Lipinski definition) is 0. The van der Waals surface area contributed by atoms with Crippen LogP contribution in [0.4, 0.5) is 5.82 Å². The minimum absolute atomic E-state index is 0.394. The van der Waals surface area contributed by atoms with Crippen LogP contribution >= 0.6 is 0 Å². The Bertz CT molecular complexity index is 664. The molecule has 2 rings (SSSR count). The second-order valence-corrected chi connectivity index (χ2v) is 7.91.